The number of aromatic nitrogens is 4. The number of rotatable bonds is 7. The molecule has 4 heterocycles. The Morgan fingerprint density at radius 2 is 1.70 bits per heavy atom. The SMILES string of the molecule is CN(C)CCn1c(=O)n(-c2cccc(C(=O)Nc3cnccc3N3CCN(C(=O)OC(C)(C)C)CC3)n2)c2ccccc21. The van der Waals surface area contributed by atoms with Crippen LogP contribution in [-0.2, 0) is 11.3 Å². The van der Waals surface area contributed by atoms with Gasteiger partial charge in [-0.2, -0.15) is 0 Å². The molecule has 0 spiro atoms. The summed E-state index contributed by atoms with van der Waals surface area (Å²) in [5.41, 5.74) is 2.24. The molecule has 0 atom stereocenters. The van der Waals surface area contributed by atoms with E-state index in [-0.39, 0.29) is 17.5 Å². The molecule has 12 heteroatoms. The third-order valence-electron chi connectivity index (χ3n) is 7.12. The second kappa shape index (κ2) is 12.3. The summed E-state index contributed by atoms with van der Waals surface area (Å²) in [4.78, 5) is 54.1. The van der Waals surface area contributed by atoms with E-state index >= 15 is 0 Å². The van der Waals surface area contributed by atoms with E-state index in [2.05, 4.69) is 20.2 Å². The summed E-state index contributed by atoms with van der Waals surface area (Å²) in [5.74, 6) is -0.0602. The highest BCUT2D eigenvalue weighted by Crippen LogP contribution is 2.27. The smallest absolute Gasteiger partial charge is 0.410 e. The molecule has 12 nitrogen and oxygen atoms in total. The minimum atomic E-state index is -0.557. The fourth-order valence-corrected chi connectivity index (χ4v) is 5.02. The molecule has 0 radical (unpaired) electrons. The van der Waals surface area contributed by atoms with Gasteiger partial charge in [-0.1, -0.05) is 18.2 Å². The van der Waals surface area contributed by atoms with Gasteiger partial charge in [-0.3, -0.25) is 14.3 Å². The summed E-state index contributed by atoms with van der Waals surface area (Å²) in [5, 5.41) is 2.95. The van der Waals surface area contributed by atoms with E-state index in [0.717, 1.165) is 16.7 Å². The number of fused-ring (bicyclic) bond motifs is 1. The van der Waals surface area contributed by atoms with Crippen LogP contribution in [0.4, 0.5) is 16.2 Å². The van der Waals surface area contributed by atoms with Gasteiger partial charge >= 0.3 is 11.8 Å². The number of ether oxygens (including phenoxy) is 1. The van der Waals surface area contributed by atoms with Gasteiger partial charge < -0.3 is 24.8 Å². The van der Waals surface area contributed by atoms with E-state index in [4.69, 9.17) is 4.74 Å². The summed E-state index contributed by atoms with van der Waals surface area (Å²) < 4.78 is 8.78. The van der Waals surface area contributed by atoms with Crippen LogP contribution < -0.4 is 15.9 Å². The average Bonchev–Trinajstić information content (AvgIpc) is 3.26. The van der Waals surface area contributed by atoms with E-state index in [9.17, 15) is 14.4 Å². The number of amides is 2. The lowest BCUT2D eigenvalue weighted by Gasteiger charge is -2.37. The number of nitrogens with one attached hydrogen (secondary N) is 1. The van der Waals surface area contributed by atoms with Gasteiger partial charge in [0.15, 0.2) is 0 Å². The third kappa shape index (κ3) is 6.69. The largest absolute Gasteiger partial charge is 0.444 e. The van der Waals surface area contributed by atoms with Crippen LogP contribution in [0.1, 0.15) is 31.3 Å². The number of benzene rings is 1. The first-order valence-corrected chi connectivity index (χ1v) is 14.3. The molecule has 1 N–H and O–H groups in total. The monoisotopic (exact) mass is 586 g/mol. The van der Waals surface area contributed by atoms with Gasteiger partial charge in [0, 0.05) is 45.5 Å². The molecular weight excluding hydrogens is 548 g/mol. The van der Waals surface area contributed by atoms with Crippen molar-refractivity contribution in [3.8, 4) is 5.82 Å². The maximum atomic E-state index is 13.5. The fraction of sp³-hybridized carbons (Fsp3) is 0.387. The highest BCUT2D eigenvalue weighted by Gasteiger charge is 2.27. The number of anilines is 2. The van der Waals surface area contributed by atoms with Crippen LogP contribution in [0.15, 0.2) is 65.7 Å². The van der Waals surface area contributed by atoms with Crippen molar-refractivity contribution in [1.82, 2.24) is 28.9 Å². The van der Waals surface area contributed by atoms with Crippen molar-refractivity contribution in [2.24, 2.45) is 0 Å². The van der Waals surface area contributed by atoms with Crippen molar-refractivity contribution >= 4 is 34.4 Å². The first-order chi connectivity index (χ1) is 20.5. The van der Waals surface area contributed by atoms with Crippen LogP contribution in [0.25, 0.3) is 16.9 Å². The quantitative estimate of drug-likeness (QED) is 0.350. The van der Waals surface area contributed by atoms with Crippen molar-refractivity contribution in [1.29, 1.82) is 0 Å². The standard InChI is InChI=1S/C31H38N8O4/c1-31(2,3)43-30(42)37-18-16-36(17-19-37)24-13-14-32-21-23(24)34-28(40)22-9-8-12-27(33-22)39-26-11-7-6-10-25(26)38(29(39)41)20-15-35(4)5/h6-14,21H,15-20H2,1-5H3,(H,34,40). The molecule has 5 rings (SSSR count). The summed E-state index contributed by atoms with van der Waals surface area (Å²) in [6.45, 7) is 8.89. The lowest BCUT2D eigenvalue weighted by Crippen LogP contribution is -2.50. The molecule has 1 aromatic carbocycles. The maximum Gasteiger partial charge on any atom is 0.410 e. The molecule has 3 aromatic heterocycles. The number of piperazine rings is 1. The van der Waals surface area contributed by atoms with Crippen LogP contribution in [-0.4, -0.2) is 93.3 Å². The van der Waals surface area contributed by atoms with Crippen molar-refractivity contribution < 1.29 is 14.3 Å². The molecule has 1 aliphatic heterocycles. The van der Waals surface area contributed by atoms with Gasteiger partial charge in [0.05, 0.1) is 28.6 Å². The molecule has 0 bridgehead atoms. The normalized spacial score (nSPS) is 13.9. The molecule has 0 aliphatic carbocycles. The Balaban J connectivity index is 1.35. The number of carbonyl (C=O) groups is 2. The second-order valence-electron chi connectivity index (χ2n) is 11.7. The lowest BCUT2D eigenvalue weighted by atomic mass is 10.2. The minimum absolute atomic E-state index is 0.166. The topological polar surface area (TPSA) is 118 Å². The van der Waals surface area contributed by atoms with E-state index < -0.39 is 11.5 Å². The Bertz CT molecular complexity index is 1680. The Morgan fingerprint density at radius 3 is 2.40 bits per heavy atom. The maximum absolute atomic E-state index is 13.5. The van der Waals surface area contributed by atoms with Gasteiger partial charge in [0.1, 0.15) is 17.1 Å². The number of imidazole rings is 1. The predicted molar refractivity (Wildman–Crippen MR) is 166 cm³/mol. The molecule has 1 aliphatic rings. The van der Waals surface area contributed by atoms with E-state index in [1.165, 1.54) is 0 Å². The lowest BCUT2D eigenvalue weighted by molar-refractivity contribution is 0.0240. The van der Waals surface area contributed by atoms with Crippen LogP contribution in [0.2, 0.25) is 0 Å². The van der Waals surface area contributed by atoms with Crippen molar-refractivity contribution in [2.75, 3.05) is 57.0 Å². The van der Waals surface area contributed by atoms with Crippen LogP contribution in [0, 0.1) is 0 Å². The van der Waals surface area contributed by atoms with Crippen molar-refractivity contribution in [3.05, 3.63) is 77.1 Å². The number of carbonyl (C=O) groups excluding carboxylic acids is 2. The molecule has 2 amide bonds. The summed E-state index contributed by atoms with van der Waals surface area (Å²) in [6.07, 6.45) is 2.93. The number of hydrogen-bond acceptors (Lipinski definition) is 8. The average molecular weight is 587 g/mol. The fourth-order valence-electron chi connectivity index (χ4n) is 5.02. The Hall–Kier alpha value is -4.71. The Labute approximate surface area is 250 Å². The molecular formula is C31H38N8O4. The zero-order valence-electron chi connectivity index (χ0n) is 25.3. The zero-order valence-corrected chi connectivity index (χ0v) is 25.3. The molecule has 0 saturated carbocycles. The van der Waals surface area contributed by atoms with E-state index in [1.807, 2.05) is 70.1 Å². The number of hydrogen-bond donors (Lipinski definition) is 1. The Morgan fingerprint density at radius 1 is 0.977 bits per heavy atom. The third-order valence-corrected chi connectivity index (χ3v) is 7.12. The first-order valence-electron chi connectivity index (χ1n) is 14.3. The summed E-state index contributed by atoms with van der Waals surface area (Å²) in [7, 11) is 3.93. The van der Waals surface area contributed by atoms with Crippen molar-refractivity contribution in [3.63, 3.8) is 0 Å². The molecule has 0 unspecified atom stereocenters. The van der Waals surface area contributed by atoms with Crippen LogP contribution >= 0.6 is 0 Å². The molecule has 226 valence electrons. The predicted octanol–water partition coefficient (Wildman–Crippen LogP) is 3.45. The number of para-hydroxylation sites is 2. The van der Waals surface area contributed by atoms with Crippen LogP contribution in [0.5, 0.6) is 0 Å². The molecule has 43 heavy (non-hydrogen) atoms. The second-order valence-corrected chi connectivity index (χ2v) is 11.7. The summed E-state index contributed by atoms with van der Waals surface area (Å²) >= 11 is 0. The van der Waals surface area contributed by atoms with Gasteiger partial charge in [-0.25, -0.2) is 19.1 Å². The molecule has 4 aromatic rings. The molecule has 1 fully saturated rings. The van der Waals surface area contributed by atoms with Crippen molar-refractivity contribution in [2.45, 2.75) is 32.9 Å². The highest BCUT2D eigenvalue weighted by molar-refractivity contribution is 6.04. The van der Waals surface area contributed by atoms with Gasteiger partial charge in [-0.05, 0) is 65.2 Å². The number of nitrogens with zero attached hydrogens (tertiary/aromatic N) is 7. The van der Waals surface area contributed by atoms with E-state index in [1.54, 1.807) is 44.6 Å². The number of likely N-dealkylation sites (N-methyl/N-ethyl adjacent to an activating group) is 1. The van der Waals surface area contributed by atoms with Gasteiger partial charge in [0.25, 0.3) is 5.91 Å². The van der Waals surface area contributed by atoms with Gasteiger partial charge in [-0.15, -0.1) is 0 Å². The number of pyridine rings is 2. The van der Waals surface area contributed by atoms with E-state index in [0.29, 0.717) is 50.8 Å². The Kier molecular flexibility index (Phi) is 8.49. The summed E-state index contributed by atoms with van der Waals surface area (Å²) in [6, 6.07) is 14.5. The van der Waals surface area contributed by atoms with Crippen LogP contribution in [0.3, 0.4) is 0 Å². The first kappa shape index (κ1) is 29.8. The minimum Gasteiger partial charge on any atom is -0.444 e. The molecule has 1 saturated heterocycles. The zero-order chi connectivity index (χ0) is 30.7. The van der Waals surface area contributed by atoms with Gasteiger partial charge in [0.2, 0.25) is 0 Å². The highest BCUT2D eigenvalue weighted by atomic mass is 16.6.